The quantitative estimate of drug-likeness (QED) is 0.587. The Morgan fingerprint density at radius 1 is 1.36 bits per heavy atom. The van der Waals surface area contributed by atoms with E-state index in [1.807, 2.05) is 12.1 Å². The van der Waals surface area contributed by atoms with E-state index in [4.69, 9.17) is 12.2 Å². The van der Waals surface area contributed by atoms with Gasteiger partial charge in [0.05, 0.1) is 0 Å². The molecule has 3 N–H and O–H groups in total. The fraction of sp³-hybridized carbons (Fsp3) is 0.400. The Labute approximate surface area is 135 Å². The molecule has 2 aromatic rings. The number of hydrogen-bond donors (Lipinski definition) is 3. The molecule has 5 nitrogen and oxygen atoms in total. The second kappa shape index (κ2) is 5.04. The van der Waals surface area contributed by atoms with Gasteiger partial charge < -0.3 is 15.2 Å². The average Bonchev–Trinajstić information content (AvgIpc) is 3.06. The van der Waals surface area contributed by atoms with Crippen LogP contribution in [0.25, 0.3) is 10.9 Å². The molecule has 7 heteroatoms. The zero-order valence-electron chi connectivity index (χ0n) is 12.0. The Kier molecular flexibility index (Phi) is 3.25. The van der Waals surface area contributed by atoms with E-state index in [9.17, 15) is 8.76 Å². The number of aromatic nitrogens is 1. The molecule has 2 saturated heterocycles. The molecule has 0 spiro atoms. The van der Waals surface area contributed by atoms with Gasteiger partial charge in [-0.3, -0.25) is 0 Å². The van der Waals surface area contributed by atoms with E-state index < -0.39 is 10.2 Å². The molecule has 0 amide bonds. The summed E-state index contributed by atoms with van der Waals surface area (Å²) in [5, 5.41) is 5.11. The molecule has 1 aromatic carbocycles. The van der Waals surface area contributed by atoms with Crippen LogP contribution in [0.2, 0.25) is 0 Å². The normalized spacial score (nSPS) is 30.8. The number of benzene rings is 1. The third kappa shape index (κ3) is 2.43. The van der Waals surface area contributed by atoms with Crippen LogP contribution in [0.15, 0.2) is 30.3 Å². The molecule has 4 rings (SSSR count). The maximum absolute atomic E-state index is 11.9. The number of H-pyrrole nitrogens is 1. The first kappa shape index (κ1) is 14.2. The van der Waals surface area contributed by atoms with Crippen molar-refractivity contribution in [2.45, 2.75) is 18.5 Å². The second-order valence-electron chi connectivity index (χ2n) is 6.05. The highest BCUT2D eigenvalue weighted by atomic mass is 32.3. The zero-order chi connectivity index (χ0) is 15.3. The van der Waals surface area contributed by atoms with Crippen LogP contribution in [0.3, 0.4) is 0 Å². The zero-order valence-corrected chi connectivity index (χ0v) is 13.6. The number of fused-ring (bicyclic) bond motifs is 2. The highest BCUT2D eigenvalue weighted by Crippen LogP contribution is 2.27. The van der Waals surface area contributed by atoms with Gasteiger partial charge in [-0.15, -0.1) is 0 Å². The van der Waals surface area contributed by atoms with Crippen LogP contribution in [0, 0.1) is 0 Å². The van der Waals surface area contributed by atoms with Gasteiger partial charge in [0, 0.05) is 24.2 Å². The minimum atomic E-state index is -2.69. The molecule has 2 aliphatic heterocycles. The summed E-state index contributed by atoms with van der Waals surface area (Å²) in [5.74, 6) is 0.623. The lowest BCUT2D eigenvalue weighted by Gasteiger charge is -2.21. The van der Waals surface area contributed by atoms with Crippen molar-refractivity contribution in [3.05, 3.63) is 36.0 Å². The molecule has 1 aromatic heterocycles. The minimum absolute atomic E-state index is 0.0210. The molecular weight excluding hydrogens is 318 g/mol. The minimum Gasteiger partial charge on any atom is -0.358 e. The molecule has 0 bridgehead atoms. The first-order chi connectivity index (χ1) is 10.5. The van der Waals surface area contributed by atoms with Crippen LogP contribution in [0.5, 0.6) is 0 Å². The molecule has 22 heavy (non-hydrogen) atoms. The molecule has 0 saturated carbocycles. The maximum Gasteiger partial charge on any atom is 0.218 e. The van der Waals surface area contributed by atoms with Crippen molar-refractivity contribution >= 4 is 38.4 Å². The largest absolute Gasteiger partial charge is 0.358 e. The maximum atomic E-state index is 11.9. The van der Waals surface area contributed by atoms with E-state index in [2.05, 4.69) is 33.4 Å². The van der Waals surface area contributed by atoms with Crippen molar-refractivity contribution < 1.29 is 8.76 Å². The summed E-state index contributed by atoms with van der Waals surface area (Å²) in [4.78, 5) is 5.49. The number of thiocarbonyl (C=S) groups is 1. The number of nitrogens with zero attached hydrogens (tertiary/aromatic N) is 1. The summed E-state index contributed by atoms with van der Waals surface area (Å²) in [5.41, 5.74) is 2.30. The van der Waals surface area contributed by atoms with Gasteiger partial charge in [0.2, 0.25) is 10.2 Å². The Morgan fingerprint density at radius 2 is 2.18 bits per heavy atom. The standard InChI is InChI=1S/C15H17N3O2S2/c19-22(20)8-13-14(9-22)18(15(21)17-13)6-5-11-7-10-3-1-2-4-12(10)16-11/h1-4,7,13-14,16H,5-6,8-9H2,(H-,17,19,20,21)/p+1/t13-,14+/m0/s1. The van der Waals surface area contributed by atoms with E-state index in [1.54, 1.807) is 0 Å². The summed E-state index contributed by atoms with van der Waals surface area (Å²) >= 11 is 5.38. The molecule has 0 radical (unpaired) electrons. The van der Waals surface area contributed by atoms with Crippen LogP contribution >= 0.6 is 12.2 Å². The third-order valence-electron chi connectivity index (χ3n) is 4.51. The summed E-state index contributed by atoms with van der Waals surface area (Å²) in [7, 11) is -2.69. The van der Waals surface area contributed by atoms with Crippen molar-refractivity contribution in [2.75, 3.05) is 18.1 Å². The highest BCUT2D eigenvalue weighted by Gasteiger charge is 2.53. The van der Waals surface area contributed by atoms with E-state index >= 15 is 0 Å². The fourth-order valence-electron chi connectivity index (χ4n) is 3.46. The van der Waals surface area contributed by atoms with Gasteiger partial charge in [-0.2, -0.15) is 4.55 Å². The fourth-order valence-corrected chi connectivity index (χ4v) is 5.78. The lowest BCUT2D eigenvalue weighted by Crippen LogP contribution is -2.38. The summed E-state index contributed by atoms with van der Waals surface area (Å²) < 4.78 is 21.7. The number of para-hydroxylation sites is 1. The van der Waals surface area contributed by atoms with Crippen molar-refractivity contribution in [1.29, 1.82) is 0 Å². The summed E-state index contributed by atoms with van der Waals surface area (Å²) in [6.07, 6.45) is 0.840. The van der Waals surface area contributed by atoms with Crippen molar-refractivity contribution in [3.8, 4) is 0 Å². The number of hydrogen-bond acceptors (Lipinski definition) is 2. The highest BCUT2D eigenvalue weighted by molar-refractivity contribution is 7.98. The van der Waals surface area contributed by atoms with Gasteiger partial charge in [0.1, 0.15) is 12.1 Å². The van der Waals surface area contributed by atoms with Gasteiger partial charge in [-0.25, -0.2) is 0 Å². The first-order valence-electron chi connectivity index (χ1n) is 7.38. The summed E-state index contributed by atoms with van der Waals surface area (Å²) in [6, 6.07) is 10.4. The number of rotatable bonds is 3. The van der Waals surface area contributed by atoms with Crippen molar-refractivity contribution in [3.63, 3.8) is 0 Å². The molecular formula is C15H18N3O2S2+. The molecule has 2 fully saturated rings. The van der Waals surface area contributed by atoms with Gasteiger partial charge in [-0.05, 0) is 29.7 Å². The SMILES string of the molecule is O=[S+]1(O)C[C@@H]2NC(=S)N(CCc3cc4ccccc4[nH]3)[C@@H]2C1. The van der Waals surface area contributed by atoms with E-state index in [1.165, 1.54) is 5.39 Å². The third-order valence-corrected chi connectivity index (χ3v) is 6.61. The van der Waals surface area contributed by atoms with Crippen molar-refractivity contribution in [1.82, 2.24) is 15.2 Å². The number of aromatic amines is 1. The molecule has 3 heterocycles. The smallest absolute Gasteiger partial charge is 0.218 e. The van der Waals surface area contributed by atoms with Gasteiger partial charge in [0.15, 0.2) is 16.6 Å². The first-order valence-corrected chi connectivity index (χ1v) is 9.64. The lowest BCUT2D eigenvalue weighted by molar-refractivity contribution is 0.356. The molecule has 3 atom stereocenters. The molecule has 0 aliphatic carbocycles. The van der Waals surface area contributed by atoms with Gasteiger partial charge in [0.25, 0.3) is 0 Å². The molecule has 1 unspecified atom stereocenters. The number of nitrogens with one attached hydrogen (secondary N) is 2. The van der Waals surface area contributed by atoms with Crippen LogP contribution in [-0.2, 0) is 20.8 Å². The molecule has 2 aliphatic rings. The molecule has 116 valence electrons. The Morgan fingerprint density at radius 3 is 3.00 bits per heavy atom. The van der Waals surface area contributed by atoms with Gasteiger partial charge in [-0.1, -0.05) is 22.4 Å². The predicted octanol–water partition coefficient (Wildman–Crippen LogP) is 1.62. The Balaban J connectivity index is 1.49. The average molecular weight is 336 g/mol. The monoisotopic (exact) mass is 336 g/mol. The Hall–Kier alpha value is -1.44. The van der Waals surface area contributed by atoms with Crippen LogP contribution in [-0.4, -0.2) is 49.7 Å². The topological polar surface area (TPSA) is 68.4 Å². The van der Waals surface area contributed by atoms with Crippen molar-refractivity contribution in [2.24, 2.45) is 0 Å². The second-order valence-corrected chi connectivity index (χ2v) is 8.65. The van der Waals surface area contributed by atoms with Gasteiger partial charge >= 0.3 is 0 Å². The van der Waals surface area contributed by atoms with Crippen LogP contribution in [0.1, 0.15) is 5.69 Å². The summed E-state index contributed by atoms with van der Waals surface area (Å²) in [6.45, 7) is 0.759. The van der Waals surface area contributed by atoms with E-state index in [0.717, 1.165) is 24.2 Å². The lowest BCUT2D eigenvalue weighted by atomic mass is 10.2. The van der Waals surface area contributed by atoms with E-state index in [0.29, 0.717) is 16.6 Å². The Bertz CT molecular complexity index is 755. The van der Waals surface area contributed by atoms with Crippen LogP contribution in [0.4, 0.5) is 0 Å². The van der Waals surface area contributed by atoms with E-state index in [-0.39, 0.29) is 12.1 Å². The van der Waals surface area contributed by atoms with Crippen LogP contribution < -0.4 is 5.32 Å². The predicted molar refractivity (Wildman–Crippen MR) is 92.4 cm³/mol.